The highest BCUT2D eigenvalue weighted by Gasteiger charge is 2.58. The summed E-state index contributed by atoms with van der Waals surface area (Å²) in [5, 5.41) is 17.2. The van der Waals surface area contributed by atoms with Gasteiger partial charge in [0.1, 0.15) is 5.54 Å². The maximum absolute atomic E-state index is 13.7. The van der Waals surface area contributed by atoms with Crippen molar-refractivity contribution in [3.05, 3.63) is 41.2 Å². The van der Waals surface area contributed by atoms with Crippen molar-refractivity contribution in [3.8, 4) is 17.2 Å². The van der Waals surface area contributed by atoms with Gasteiger partial charge in [-0.1, -0.05) is 12.1 Å². The highest BCUT2D eigenvalue weighted by atomic mass is 16.2. The fourth-order valence-corrected chi connectivity index (χ4v) is 7.30. The highest BCUT2D eigenvalue weighted by Crippen LogP contribution is 2.60. The summed E-state index contributed by atoms with van der Waals surface area (Å²) in [5.41, 5.74) is 8.93. The molecule has 4 fully saturated rings. The molecule has 6 rings (SSSR count). The molecule has 0 saturated heterocycles. The van der Waals surface area contributed by atoms with Crippen LogP contribution in [0.3, 0.4) is 0 Å². The van der Waals surface area contributed by atoms with Crippen LogP contribution in [0.15, 0.2) is 24.3 Å². The van der Waals surface area contributed by atoms with Crippen LogP contribution in [-0.4, -0.2) is 27.6 Å². The van der Waals surface area contributed by atoms with Crippen molar-refractivity contribution in [1.82, 2.24) is 15.1 Å². The van der Waals surface area contributed by atoms with E-state index in [1.54, 1.807) is 12.1 Å². The molecule has 4 aliphatic rings. The highest BCUT2D eigenvalue weighted by molar-refractivity contribution is 5.85. The van der Waals surface area contributed by atoms with Crippen molar-refractivity contribution in [2.24, 2.45) is 28.9 Å². The Morgan fingerprint density at radius 3 is 2.32 bits per heavy atom. The second kappa shape index (κ2) is 7.69. The molecule has 1 aromatic carbocycles. The lowest BCUT2D eigenvalue weighted by atomic mass is 9.47. The van der Waals surface area contributed by atoms with Gasteiger partial charge < -0.3 is 11.1 Å². The van der Waals surface area contributed by atoms with Crippen molar-refractivity contribution in [3.63, 3.8) is 0 Å². The Hall–Kier alpha value is -3.14. The molecular weight excluding hydrogens is 426 g/mol. The van der Waals surface area contributed by atoms with Crippen molar-refractivity contribution in [2.75, 3.05) is 0 Å². The second-order valence-corrected chi connectivity index (χ2v) is 11.3. The summed E-state index contributed by atoms with van der Waals surface area (Å²) < 4.78 is 1.83. The monoisotopic (exact) mass is 459 g/mol. The van der Waals surface area contributed by atoms with Gasteiger partial charge in [0.15, 0.2) is 0 Å². The van der Waals surface area contributed by atoms with E-state index in [2.05, 4.69) is 11.4 Å². The molecule has 7 nitrogen and oxygen atoms in total. The summed E-state index contributed by atoms with van der Waals surface area (Å²) in [7, 11) is 0. The van der Waals surface area contributed by atoms with Crippen molar-refractivity contribution in [1.29, 1.82) is 5.26 Å². The number of aryl methyl sites for hydroxylation is 1. The molecule has 2 aromatic rings. The van der Waals surface area contributed by atoms with E-state index in [4.69, 9.17) is 16.1 Å². The van der Waals surface area contributed by atoms with Crippen LogP contribution < -0.4 is 11.1 Å². The third-order valence-electron chi connectivity index (χ3n) is 8.77. The molecule has 0 aliphatic heterocycles. The Balaban J connectivity index is 1.39. The van der Waals surface area contributed by atoms with E-state index in [-0.39, 0.29) is 23.3 Å². The minimum atomic E-state index is -0.879. The van der Waals surface area contributed by atoms with Gasteiger partial charge in [-0.3, -0.25) is 14.3 Å². The zero-order valence-corrected chi connectivity index (χ0v) is 20.4. The van der Waals surface area contributed by atoms with Crippen molar-refractivity contribution in [2.45, 2.75) is 71.4 Å². The molecule has 3 N–H and O–H groups in total. The Bertz CT molecular complexity index is 1190. The molecule has 1 heterocycles. The lowest BCUT2D eigenvalue weighted by Gasteiger charge is -2.59. The molecule has 4 saturated carbocycles. The molecule has 0 spiro atoms. The van der Waals surface area contributed by atoms with Gasteiger partial charge in [-0.25, -0.2) is 0 Å². The number of carbonyl (C=O) groups is 2. The molecule has 34 heavy (non-hydrogen) atoms. The summed E-state index contributed by atoms with van der Waals surface area (Å²) in [5.74, 6) is 0.975. The average molecular weight is 460 g/mol. The minimum Gasteiger partial charge on any atom is -0.369 e. The Morgan fingerprint density at radius 1 is 1.15 bits per heavy atom. The first-order valence-corrected chi connectivity index (χ1v) is 12.2. The van der Waals surface area contributed by atoms with Crippen LogP contribution in [0.1, 0.15) is 62.9 Å². The molecular formula is C27H33N5O2. The van der Waals surface area contributed by atoms with Gasteiger partial charge in [0.2, 0.25) is 11.8 Å². The van der Waals surface area contributed by atoms with Crippen LogP contribution in [0, 0.1) is 48.3 Å². The fourth-order valence-electron chi connectivity index (χ4n) is 7.30. The molecule has 2 amide bonds. The minimum absolute atomic E-state index is 0.0462. The number of nitrogens with one attached hydrogen (secondary N) is 1. The zero-order chi connectivity index (χ0) is 24.4. The van der Waals surface area contributed by atoms with E-state index in [0.29, 0.717) is 23.3 Å². The van der Waals surface area contributed by atoms with E-state index in [1.807, 2.05) is 44.5 Å². The molecule has 4 aliphatic carbocycles. The number of aromatic nitrogens is 2. The summed E-state index contributed by atoms with van der Waals surface area (Å²) in [6.07, 6.45) is 4.65. The van der Waals surface area contributed by atoms with E-state index in [9.17, 15) is 9.59 Å². The predicted octanol–water partition coefficient (Wildman–Crippen LogP) is 3.57. The first-order chi connectivity index (χ1) is 16.1. The summed E-state index contributed by atoms with van der Waals surface area (Å²) in [4.78, 5) is 25.9. The third-order valence-corrected chi connectivity index (χ3v) is 8.77. The fraction of sp³-hybridized carbons (Fsp3) is 0.556. The second-order valence-electron chi connectivity index (χ2n) is 11.3. The number of nitriles is 1. The van der Waals surface area contributed by atoms with Gasteiger partial charge >= 0.3 is 0 Å². The van der Waals surface area contributed by atoms with Gasteiger partial charge in [-0.15, -0.1) is 0 Å². The van der Waals surface area contributed by atoms with Crippen LogP contribution in [0.5, 0.6) is 0 Å². The number of hydrogen-bond acceptors (Lipinski definition) is 4. The topological polar surface area (TPSA) is 114 Å². The summed E-state index contributed by atoms with van der Waals surface area (Å²) >= 11 is 0. The van der Waals surface area contributed by atoms with Crippen molar-refractivity contribution < 1.29 is 9.59 Å². The third kappa shape index (κ3) is 3.34. The van der Waals surface area contributed by atoms with Crippen molar-refractivity contribution >= 4 is 11.8 Å². The summed E-state index contributed by atoms with van der Waals surface area (Å²) in [6, 6.07) is 9.69. The van der Waals surface area contributed by atoms with Gasteiger partial charge in [0, 0.05) is 22.7 Å². The van der Waals surface area contributed by atoms with E-state index >= 15 is 0 Å². The SMILES string of the molecule is Cc1nn(C(C)(C)C(=O)NC2C3CC4CC2CC(C(N)=O)(C4)C3)c(C)c1-c1ccc(C#N)cc1. The molecule has 2 atom stereocenters. The van der Waals surface area contributed by atoms with E-state index in [1.165, 1.54) is 0 Å². The maximum Gasteiger partial charge on any atom is 0.247 e. The lowest BCUT2D eigenvalue weighted by molar-refractivity contribution is -0.148. The van der Waals surface area contributed by atoms with Crippen LogP contribution in [-0.2, 0) is 15.1 Å². The number of hydrogen-bond donors (Lipinski definition) is 2. The zero-order valence-electron chi connectivity index (χ0n) is 20.4. The molecule has 7 heteroatoms. The van der Waals surface area contributed by atoms with Gasteiger partial charge in [0.25, 0.3) is 0 Å². The van der Waals surface area contributed by atoms with E-state index in [0.717, 1.165) is 54.6 Å². The Morgan fingerprint density at radius 2 is 1.76 bits per heavy atom. The first kappa shape index (κ1) is 22.6. The van der Waals surface area contributed by atoms with Crippen LogP contribution in [0.4, 0.5) is 0 Å². The largest absolute Gasteiger partial charge is 0.369 e. The van der Waals surface area contributed by atoms with Gasteiger partial charge in [0.05, 0.1) is 17.3 Å². The molecule has 178 valence electrons. The first-order valence-electron chi connectivity index (χ1n) is 12.2. The predicted molar refractivity (Wildman–Crippen MR) is 128 cm³/mol. The molecule has 0 radical (unpaired) electrons. The Labute approximate surface area is 200 Å². The standard InChI is InChI=1S/C27H33N5O2/c1-15-22(19-7-5-17(14-28)6-8-19)16(2)32(31-15)26(3,4)25(34)30-23-20-9-18-10-21(23)13-27(11-18,12-20)24(29)33/h5-8,18,20-21,23H,9-13H2,1-4H3,(H2,29,33)(H,30,34). The quantitative estimate of drug-likeness (QED) is 0.711. The van der Waals surface area contributed by atoms with Gasteiger partial charge in [-0.05, 0) is 95.2 Å². The number of nitrogens with two attached hydrogens (primary N) is 1. The van der Waals surface area contributed by atoms with E-state index < -0.39 is 5.54 Å². The van der Waals surface area contributed by atoms with Crippen LogP contribution in [0.2, 0.25) is 0 Å². The number of nitrogens with zero attached hydrogens (tertiary/aromatic N) is 3. The molecule has 1 aromatic heterocycles. The maximum atomic E-state index is 13.7. The molecule has 2 unspecified atom stereocenters. The smallest absolute Gasteiger partial charge is 0.247 e. The van der Waals surface area contributed by atoms with Crippen LogP contribution >= 0.6 is 0 Å². The average Bonchev–Trinajstić information content (AvgIpc) is 3.10. The Kier molecular flexibility index (Phi) is 5.12. The number of rotatable bonds is 5. The number of amides is 2. The summed E-state index contributed by atoms with van der Waals surface area (Å²) in [6.45, 7) is 7.75. The van der Waals surface area contributed by atoms with Crippen LogP contribution in [0.25, 0.3) is 11.1 Å². The normalized spacial score (nSPS) is 29.6. The number of carbonyl (C=O) groups excluding carboxylic acids is 2. The molecule has 4 bridgehead atoms. The number of primary amides is 1. The van der Waals surface area contributed by atoms with Gasteiger partial charge in [-0.2, -0.15) is 10.4 Å². The lowest BCUT2D eigenvalue weighted by Crippen LogP contribution is -2.63. The number of benzene rings is 1.